The minimum absolute atomic E-state index is 0.287. The van der Waals surface area contributed by atoms with Gasteiger partial charge in [0, 0.05) is 18.7 Å². The molecule has 5 nitrogen and oxygen atoms in total. The Kier molecular flexibility index (Phi) is 3.26. The second kappa shape index (κ2) is 5.24. The summed E-state index contributed by atoms with van der Waals surface area (Å²) in [6, 6.07) is 6.21. The minimum Gasteiger partial charge on any atom is -0.491 e. The van der Waals surface area contributed by atoms with E-state index in [4.69, 9.17) is 18.9 Å². The van der Waals surface area contributed by atoms with Gasteiger partial charge in [-0.2, -0.15) is 0 Å². The Hall–Kier alpha value is -1.30. The van der Waals surface area contributed by atoms with E-state index in [1.807, 2.05) is 6.07 Å². The maximum atomic E-state index is 5.75. The van der Waals surface area contributed by atoms with Gasteiger partial charge in [-0.05, 0) is 23.8 Å². The van der Waals surface area contributed by atoms with Gasteiger partial charge in [0.15, 0.2) is 0 Å². The van der Waals surface area contributed by atoms with E-state index in [0.717, 1.165) is 44.2 Å². The highest BCUT2D eigenvalue weighted by atomic mass is 16.6. The van der Waals surface area contributed by atoms with E-state index in [2.05, 4.69) is 17.4 Å². The fourth-order valence-corrected chi connectivity index (χ4v) is 2.20. The van der Waals surface area contributed by atoms with Crippen molar-refractivity contribution in [2.75, 3.05) is 38.3 Å². The highest BCUT2D eigenvalue weighted by molar-refractivity contribution is 5.55. The fraction of sp³-hybridized carbons (Fsp3) is 0.600. The van der Waals surface area contributed by atoms with E-state index in [0.29, 0.717) is 18.8 Å². The standard InChI is InChI=1S/C15H19NO4/c1-2-15(16-5-13-7-19-13)10(4-12-6-18-12)3-11(1)17-8-14-9-20-14/h1-3,12-14,16H,4-9H2. The summed E-state index contributed by atoms with van der Waals surface area (Å²) in [5.41, 5.74) is 2.41. The predicted molar refractivity (Wildman–Crippen MR) is 73.4 cm³/mol. The molecule has 0 radical (unpaired) electrons. The van der Waals surface area contributed by atoms with Crippen LogP contribution in [0.1, 0.15) is 5.56 Å². The Labute approximate surface area is 118 Å². The highest BCUT2D eigenvalue weighted by Crippen LogP contribution is 2.28. The summed E-state index contributed by atoms with van der Waals surface area (Å²) in [4.78, 5) is 0. The first-order valence-corrected chi connectivity index (χ1v) is 7.21. The van der Waals surface area contributed by atoms with Crippen LogP contribution in [0.5, 0.6) is 5.75 Å². The number of ether oxygens (including phenoxy) is 4. The number of hydrogen-bond donors (Lipinski definition) is 1. The molecular formula is C15H19NO4. The third kappa shape index (κ3) is 3.42. The Morgan fingerprint density at radius 1 is 1.05 bits per heavy atom. The van der Waals surface area contributed by atoms with Crippen molar-refractivity contribution in [1.82, 2.24) is 0 Å². The van der Waals surface area contributed by atoms with Crippen molar-refractivity contribution in [3.05, 3.63) is 23.8 Å². The summed E-state index contributed by atoms with van der Waals surface area (Å²) >= 11 is 0. The molecule has 0 bridgehead atoms. The van der Waals surface area contributed by atoms with E-state index in [1.54, 1.807) is 0 Å². The second-order valence-corrected chi connectivity index (χ2v) is 5.58. The number of epoxide rings is 3. The lowest BCUT2D eigenvalue weighted by Crippen LogP contribution is -2.11. The normalized spacial score (nSPS) is 29.9. The number of nitrogens with one attached hydrogen (secondary N) is 1. The molecule has 0 saturated carbocycles. The summed E-state index contributed by atoms with van der Waals surface area (Å²) in [5, 5.41) is 3.45. The van der Waals surface area contributed by atoms with Crippen LogP contribution in [0, 0.1) is 0 Å². The zero-order chi connectivity index (χ0) is 13.4. The van der Waals surface area contributed by atoms with Crippen molar-refractivity contribution in [1.29, 1.82) is 0 Å². The molecule has 3 saturated heterocycles. The van der Waals surface area contributed by atoms with Crippen molar-refractivity contribution in [3.63, 3.8) is 0 Å². The van der Waals surface area contributed by atoms with Gasteiger partial charge in [0.1, 0.15) is 18.5 Å². The Balaban J connectivity index is 1.43. The molecule has 3 unspecified atom stereocenters. The molecule has 3 fully saturated rings. The molecule has 3 atom stereocenters. The first-order chi connectivity index (χ1) is 9.87. The summed E-state index contributed by atoms with van der Waals surface area (Å²) in [7, 11) is 0. The topological polar surface area (TPSA) is 58.8 Å². The average molecular weight is 277 g/mol. The van der Waals surface area contributed by atoms with E-state index >= 15 is 0 Å². The lowest BCUT2D eigenvalue weighted by molar-refractivity contribution is 0.263. The van der Waals surface area contributed by atoms with Crippen LogP contribution in [0.2, 0.25) is 0 Å². The minimum atomic E-state index is 0.287. The maximum Gasteiger partial charge on any atom is 0.119 e. The average Bonchev–Trinajstić information content (AvgIpc) is 3.30. The molecule has 4 rings (SSSR count). The zero-order valence-electron chi connectivity index (χ0n) is 11.3. The van der Waals surface area contributed by atoms with Gasteiger partial charge in [-0.3, -0.25) is 0 Å². The van der Waals surface area contributed by atoms with Crippen LogP contribution in [-0.4, -0.2) is 51.3 Å². The lowest BCUT2D eigenvalue weighted by atomic mass is 10.1. The van der Waals surface area contributed by atoms with Gasteiger partial charge in [-0.1, -0.05) is 0 Å². The monoisotopic (exact) mass is 277 g/mol. The molecule has 5 heteroatoms. The van der Waals surface area contributed by atoms with Crippen LogP contribution in [0.15, 0.2) is 18.2 Å². The molecule has 20 heavy (non-hydrogen) atoms. The van der Waals surface area contributed by atoms with Crippen molar-refractivity contribution < 1.29 is 18.9 Å². The first-order valence-electron chi connectivity index (χ1n) is 7.21. The predicted octanol–water partition coefficient (Wildman–Crippen LogP) is 1.22. The van der Waals surface area contributed by atoms with Crippen molar-refractivity contribution in [2.45, 2.75) is 24.7 Å². The Morgan fingerprint density at radius 3 is 2.50 bits per heavy atom. The van der Waals surface area contributed by atoms with Gasteiger partial charge >= 0.3 is 0 Å². The quantitative estimate of drug-likeness (QED) is 0.724. The largest absolute Gasteiger partial charge is 0.491 e. The molecule has 108 valence electrons. The zero-order valence-corrected chi connectivity index (χ0v) is 11.3. The molecule has 0 aliphatic carbocycles. The molecule has 0 spiro atoms. The lowest BCUT2D eigenvalue weighted by Gasteiger charge is -2.13. The molecule has 1 aromatic carbocycles. The van der Waals surface area contributed by atoms with Crippen molar-refractivity contribution >= 4 is 5.69 Å². The van der Waals surface area contributed by atoms with Crippen LogP contribution in [0.4, 0.5) is 5.69 Å². The Bertz CT molecular complexity index is 481. The molecule has 3 heterocycles. The van der Waals surface area contributed by atoms with Gasteiger partial charge in [-0.15, -0.1) is 0 Å². The third-order valence-corrected chi connectivity index (χ3v) is 3.69. The van der Waals surface area contributed by atoms with Crippen molar-refractivity contribution in [2.24, 2.45) is 0 Å². The molecule has 3 aliphatic heterocycles. The van der Waals surface area contributed by atoms with E-state index in [1.165, 1.54) is 5.56 Å². The molecule has 0 aromatic heterocycles. The van der Waals surface area contributed by atoms with Gasteiger partial charge in [0.25, 0.3) is 0 Å². The van der Waals surface area contributed by atoms with Crippen LogP contribution >= 0.6 is 0 Å². The number of benzene rings is 1. The summed E-state index contributed by atoms with van der Waals surface area (Å²) in [6.45, 7) is 4.07. The molecule has 1 aromatic rings. The molecular weight excluding hydrogens is 258 g/mol. The van der Waals surface area contributed by atoms with Crippen LogP contribution in [0.3, 0.4) is 0 Å². The highest BCUT2D eigenvalue weighted by Gasteiger charge is 2.26. The number of anilines is 1. The van der Waals surface area contributed by atoms with Gasteiger partial charge in [0.2, 0.25) is 0 Å². The van der Waals surface area contributed by atoms with Crippen LogP contribution in [-0.2, 0) is 20.6 Å². The third-order valence-electron chi connectivity index (χ3n) is 3.69. The Morgan fingerprint density at radius 2 is 1.80 bits per heavy atom. The smallest absolute Gasteiger partial charge is 0.119 e. The fourth-order valence-electron chi connectivity index (χ4n) is 2.20. The van der Waals surface area contributed by atoms with Crippen LogP contribution < -0.4 is 10.1 Å². The van der Waals surface area contributed by atoms with Crippen LogP contribution in [0.25, 0.3) is 0 Å². The van der Waals surface area contributed by atoms with Crippen molar-refractivity contribution in [3.8, 4) is 5.75 Å². The number of hydrogen-bond acceptors (Lipinski definition) is 5. The molecule has 0 amide bonds. The second-order valence-electron chi connectivity index (χ2n) is 5.58. The molecule has 1 N–H and O–H groups in total. The summed E-state index contributed by atoms with van der Waals surface area (Å²) in [5.74, 6) is 0.907. The molecule has 3 aliphatic rings. The SMILES string of the molecule is c1cc(NCC2CO2)c(CC2CO2)cc1OCC1CO1. The number of rotatable bonds is 8. The first kappa shape index (κ1) is 12.4. The van der Waals surface area contributed by atoms with E-state index in [9.17, 15) is 0 Å². The van der Waals surface area contributed by atoms with E-state index < -0.39 is 0 Å². The summed E-state index contributed by atoms with van der Waals surface area (Å²) in [6.07, 6.45) is 1.97. The van der Waals surface area contributed by atoms with Gasteiger partial charge in [-0.25, -0.2) is 0 Å². The van der Waals surface area contributed by atoms with E-state index in [-0.39, 0.29) is 6.10 Å². The van der Waals surface area contributed by atoms with Gasteiger partial charge < -0.3 is 24.3 Å². The van der Waals surface area contributed by atoms with Gasteiger partial charge in [0.05, 0.1) is 32.0 Å². The maximum absolute atomic E-state index is 5.75. The summed E-state index contributed by atoms with van der Waals surface area (Å²) < 4.78 is 21.5.